The zero-order valence-electron chi connectivity index (χ0n) is 16.0. The van der Waals surface area contributed by atoms with Crippen LogP contribution in [0.15, 0.2) is 59.8 Å². The van der Waals surface area contributed by atoms with Crippen molar-refractivity contribution in [3.63, 3.8) is 0 Å². The van der Waals surface area contributed by atoms with E-state index in [1.807, 2.05) is 28.9 Å². The standard InChI is InChI=1S/C21H20N6O2/c1-24-20(28)16-6-3-2-5-15(16)18(23-24)21(29)27-13-11-25(12-14-27)17-7-4-9-26-10-8-22-19(17)26/h2-10H,11-14H2,1H3. The summed E-state index contributed by atoms with van der Waals surface area (Å²) in [5.74, 6) is -0.143. The van der Waals surface area contributed by atoms with Gasteiger partial charge in [-0.3, -0.25) is 9.59 Å². The summed E-state index contributed by atoms with van der Waals surface area (Å²) in [5, 5.41) is 5.39. The summed E-state index contributed by atoms with van der Waals surface area (Å²) < 4.78 is 3.23. The fourth-order valence-corrected chi connectivity index (χ4v) is 3.94. The van der Waals surface area contributed by atoms with Crippen molar-refractivity contribution < 1.29 is 4.79 Å². The van der Waals surface area contributed by atoms with Crippen LogP contribution in [0.3, 0.4) is 0 Å². The van der Waals surface area contributed by atoms with Crippen molar-refractivity contribution in [3.8, 4) is 0 Å². The Morgan fingerprint density at radius 2 is 1.72 bits per heavy atom. The third-order valence-electron chi connectivity index (χ3n) is 5.47. The van der Waals surface area contributed by atoms with Gasteiger partial charge in [0.25, 0.3) is 11.5 Å². The molecule has 146 valence electrons. The molecular weight excluding hydrogens is 368 g/mol. The van der Waals surface area contributed by atoms with E-state index in [1.54, 1.807) is 36.3 Å². The number of pyridine rings is 1. The number of hydrogen-bond acceptors (Lipinski definition) is 5. The third-order valence-corrected chi connectivity index (χ3v) is 5.47. The molecule has 1 aromatic carbocycles. The number of aromatic nitrogens is 4. The highest BCUT2D eigenvalue weighted by Crippen LogP contribution is 2.22. The minimum Gasteiger partial charge on any atom is -0.365 e. The van der Waals surface area contributed by atoms with Gasteiger partial charge in [0, 0.05) is 57.2 Å². The zero-order chi connectivity index (χ0) is 20.0. The molecule has 0 aliphatic carbocycles. The van der Waals surface area contributed by atoms with Gasteiger partial charge in [0.05, 0.1) is 11.1 Å². The quantitative estimate of drug-likeness (QED) is 0.521. The number of rotatable bonds is 2. The number of benzene rings is 1. The highest BCUT2D eigenvalue weighted by molar-refractivity contribution is 6.04. The van der Waals surface area contributed by atoms with Gasteiger partial charge in [-0.2, -0.15) is 5.10 Å². The van der Waals surface area contributed by atoms with E-state index >= 15 is 0 Å². The molecule has 1 amide bonds. The van der Waals surface area contributed by atoms with Crippen molar-refractivity contribution in [3.05, 3.63) is 71.0 Å². The second-order valence-electron chi connectivity index (χ2n) is 7.15. The lowest BCUT2D eigenvalue weighted by atomic mass is 10.1. The number of aryl methyl sites for hydroxylation is 1. The van der Waals surface area contributed by atoms with E-state index in [0.29, 0.717) is 42.6 Å². The van der Waals surface area contributed by atoms with E-state index in [9.17, 15) is 9.59 Å². The molecule has 4 heterocycles. The molecule has 8 nitrogen and oxygen atoms in total. The van der Waals surface area contributed by atoms with Gasteiger partial charge in [-0.05, 0) is 18.2 Å². The molecule has 8 heteroatoms. The Balaban J connectivity index is 1.41. The Hall–Kier alpha value is -3.68. The molecule has 5 rings (SSSR count). The van der Waals surface area contributed by atoms with Gasteiger partial charge >= 0.3 is 0 Å². The monoisotopic (exact) mass is 388 g/mol. The molecule has 29 heavy (non-hydrogen) atoms. The number of nitrogens with zero attached hydrogens (tertiary/aromatic N) is 6. The van der Waals surface area contributed by atoms with Gasteiger partial charge in [-0.25, -0.2) is 9.67 Å². The average molecular weight is 388 g/mol. The molecule has 1 saturated heterocycles. The summed E-state index contributed by atoms with van der Waals surface area (Å²) in [4.78, 5) is 34.0. The molecular formula is C21H20N6O2. The number of imidazole rings is 1. The van der Waals surface area contributed by atoms with Crippen LogP contribution >= 0.6 is 0 Å². The first-order chi connectivity index (χ1) is 14.1. The van der Waals surface area contributed by atoms with Crippen molar-refractivity contribution in [1.29, 1.82) is 0 Å². The van der Waals surface area contributed by atoms with Gasteiger partial charge in [0.15, 0.2) is 11.3 Å². The Bertz CT molecular complexity index is 1280. The fraction of sp³-hybridized carbons (Fsp3) is 0.238. The summed E-state index contributed by atoms with van der Waals surface area (Å²) in [5.41, 5.74) is 2.11. The number of amides is 1. The van der Waals surface area contributed by atoms with Crippen LogP contribution in [0.2, 0.25) is 0 Å². The number of piperazine rings is 1. The van der Waals surface area contributed by atoms with Crippen LogP contribution < -0.4 is 10.5 Å². The van der Waals surface area contributed by atoms with Gasteiger partial charge in [0.1, 0.15) is 0 Å². The lowest BCUT2D eigenvalue weighted by Crippen LogP contribution is -2.49. The minimum absolute atomic E-state index is 0.143. The van der Waals surface area contributed by atoms with Gasteiger partial charge < -0.3 is 14.2 Å². The summed E-state index contributed by atoms with van der Waals surface area (Å²) in [6.07, 6.45) is 5.69. The lowest BCUT2D eigenvalue weighted by molar-refractivity contribution is 0.0740. The largest absolute Gasteiger partial charge is 0.365 e. The first-order valence-corrected chi connectivity index (χ1v) is 9.55. The molecule has 1 aliphatic heterocycles. The van der Waals surface area contributed by atoms with E-state index in [4.69, 9.17) is 0 Å². The number of hydrogen-bond donors (Lipinski definition) is 0. The summed E-state index contributed by atoms with van der Waals surface area (Å²) in [6, 6.07) is 11.2. The van der Waals surface area contributed by atoms with Crippen LogP contribution in [0.4, 0.5) is 5.69 Å². The Morgan fingerprint density at radius 3 is 2.52 bits per heavy atom. The van der Waals surface area contributed by atoms with Gasteiger partial charge in [0.2, 0.25) is 0 Å². The Morgan fingerprint density at radius 1 is 0.966 bits per heavy atom. The average Bonchev–Trinajstić information content (AvgIpc) is 3.25. The molecule has 0 bridgehead atoms. The summed E-state index contributed by atoms with van der Waals surface area (Å²) in [7, 11) is 1.58. The van der Waals surface area contributed by atoms with Crippen molar-refractivity contribution in [2.75, 3.05) is 31.1 Å². The Kier molecular flexibility index (Phi) is 4.04. The van der Waals surface area contributed by atoms with E-state index in [0.717, 1.165) is 11.3 Å². The SMILES string of the molecule is Cn1nc(C(=O)N2CCN(c3cccn4ccnc34)CC2)c2ccccc2c1=O. The van der Waals surface area contributed by atoms with Crippen LogP contribution in [0.25, 0.3) is 16.4 Å². The van der Waals surface area contributed by atoms with E-state index < -0.39 is 0 Å². The highest BCUT2D eigenvalue weighted by atomic mass is 16.2. The van der Waals surface area contributed by atoms with Crippen molar-refractivity contribution >= 4 is 28.0 Å². The van der Waals surface area contributed by atoms with Crippen molar-refractivity contribution in [2.24, 2.45) is 7.05 Å². The summed E-state index contributed by atoms with van der Waals surface area (Å²) >= 11 is 0. The maximum Gasteiger partial charge on any atom is 0.275 e. The van der Waals surface area contributed by atoms with E-state index in [2.05, 4.69) is 21.0 Å². The Labute approximate surface area is 166 Å². The molecule has 3 aromatic heterocycles. The number of carbonyl (C=O) groups is 1. The van der Waals surface area contributed by atoms with Crippen LogP contribution in [-0.2, 0) is 7.05 Å². The summed E-state index contributed by atoms with van der Waals surface area (Å²) in [6.45, 7) is 2.59. The third kappa shape index (κ3) is 2.84. The first kappa shape index (κ1) is 17.4. The first-order valence-electron chi connectivity index (χ1n) is 9.55. The predicted molar refractivity (Wildman–Crippen MR) is 110 cm³/mol. The van der Waals surface area contributed by atoms with Crippen LogP contribution in [0.1, 0.15) is 10.5 Å². The molecule has 0 radical (unpaired) electrons. The number of anilines is 1. The lowest BCUT2D eigenvalue weighted by Gasteiger charge is -2.36. The molecule has 4 aromatic rings. The molecule has 1 fully saturated rings. The van der Waals surface area contributed by atoms with Crippen LogP contribution in [-0.4, -0.2) is 56.2 Å². The molecule has 0 spiro atoms. The molecule has 0 unspecified atom stereocenters. The topological polar surface area (TPSA) is 75.7 Å². The number of carbonyl (C=O) groups excluding carboxylic acids is 1. The molecule has 0 N–H and O–H groups in total. The number of fused-ring (bicyclic) bond motifs is 2. The van der Waals surface area contributed by atoms with E-state index in [1.165, 1.54) is 4.68 Å². The smallest absolute Gasteiger partial charge is 0.275 e. The highest BCUT2D eigenvalue weighted by Gasteiger charge is 2.26. The predicted octanol–water partition coefficient (Wildman–Crippen LogP) is 1.54. The van der Waals surface area contributed by atoms with Gasteiger partial charge in [-0.1, -0.05) is 18.2 Å². The molecule has 1 aliphatic rings. The van der Waals surface area contributed by atoms with Crippen molar-refractivity contribution in [2.45, 2.75) is 0 Å². The van der Waals surface area contributed by atoms with E-state index in [-0.39, 0.29) is 11.5 Å². The molecule has 0 atom stereocenters. The minimum atomic E-state index is -0.199. The second kappa shape index (κ2) is 6.73. The normalized spacial score (nSPS) is 14.7. The van der Waals surface area contributed by atoms with Crippen LogP contribution in [0, 0.1) is 0 Å². The zero-order valence-corrected chi connectivity index (χ0v) is 16.0. The molecule has 0 saturated carbocycles. The van der Waals surface area contributed by atoms with Crippen LogP contribution in [0.5, 0.6) is 0 Å². The maximum atomic E-state index is 13.2. The maximum absolute atomic E-state index is 13.2. The second-order valence-corrected chi connectivity index (χ2v) is 7.15. The fourth-order valence-electron chi connectivity index (χ4n) is 3.94. The van der Waals surface area contributed by atoms with Crippen molar-refractivity contribution in [1.82, 2.24) is 24.1 Å². The van der Waals surface area contributed by atoms with Gasteiger partial charge in [-0.15, -0.1) is 0 Å².